The van der Waals surface area contributed by atoms with Gasteiger partial charge in [0.2, 0.25) is 5.76 Å². The standard InChI is InChI=1S/C15H25NO3/c1-11(2)6-5-7-12(3)16-10-13-8-9-19-14(13)15(17)18-4/h8-9,11-12,16H,5-7,10H2,1-4H3. The molecule has 0 aliphatic rings. The molecule has 0 aliphatic carbocycles. The topological polar surface area (TPSA) is 51.5 Å². The molecule has 108 valence electrons. The molecule has 1 N–H and O–H groups in total. The summed E-state index contributed by atoms with van der Waals surface area (Å²) in [7, 11) is 1.36. The predicted octanol–water partition coefficient (Wildman–Crippen LogP) is 3.37. The van der Waals surface area contributed by atoms with Gasteiger partial charge >= 0.3 is 5.97 Å². The maximum absolute atomic E-state index is 11.4. The van der Waals surface area contributed by atoms with E-state index >= 15 is 0 Å². The highest BCUT2D eigenvalue weighted by molar-refractivity contribution is 5.87. The number of carbonyl (C=O) groups is 1. The maximum Gasteiger partial charge on any atom is 0.374 e. The van der Waals surface area contributed by atoms with Crippen LogP contribution in [0.15, 0.2) is 16.7 Å². The van der Waals surface area contributed by atoms with Crippen LogP contribution in [0.5, 0.6) is 0 Å². The molecular formula is C15H25NO3. The zero-order valence-electron chi connectivity index (χ0n) is 12.4. The highest BCUT2D eigenvalue weighted by atomic mass is 16.5. The number of hydrogen-bond donors (Lipinski definition) is 1. The van der Waals surface area contributed by atoms with E-state index < -0.39 is 5.97 Å². The number of esters is 1. The molecule has 1 atom stereocenters. The van der Waals surface area contributed by atoms with Gasteiger partial charge in [0.25, 0.3) is 0 Å². The summed E-state index contributed by atoms with van der Waals surface area (Å²) < 4.78 is 9.82. The SMILES string of the molecule is COC(=O)c1occc1CNC(C)CCCC(C)C. The summed E-state index contributed by atoms with van der Waals surface area (Å²) in [5.41, 5.74) is 0.850. The number of ether oxygens (including phenoxy) is 1. The largest absolute Gasteiger partial charge is 0.463 e. The van der Waals surface area contributed by atoms with E-state index in [1.807, 2.05) is 0 Å². The van der Waals surface area contributed by atoms with Crippen LogP contribution < -0.4 is 5.32 Å². The van der Waals surface area contributed by atoms with Crippen LogP contribution >= 0.6 is 0 Å². The number of rotatable bonds is 8. The van der Waals surface area contributed by atoms with Crippen LogP contribution in [0.4, 0.5) is 0 Å². The van der Waals surface area contributed by atoms with E-state index in [1.165, 1.54) is 26.2 Å². The average molecular weight is 267 g/mol. The lowest BCUT2D eigenvalue weighted by atomic mass is 10.0. The van der Waals surface area contributed by atoms with Gasteiger partial charge in [-0.2, -0.15) is 0 Å². The molecule has 4 heteroatoms. The molecule has 1 unspecified atom stereocenters. The van der Waals surface area contributed by atoms with E-state index in [2.05, 4.69) is 30.8 Å². The predicted molar refractivity (Wildman–Crippen MR) is 75.0 cm³/mol. The van der Waals surface area contributed by atoms with E-state index in [9.17, 15) is 4.79 Å². The highest BCUT2D eigenvalue weighted by Gasteiger charge is 2.15. The molecule has 0 radical (unpaired) electrons. The van der Waals surface area contributed by atoms with Crippen LogP contribution in [-0.4, -0.2) is 19.1 Å². The molecule has 0 saturated heterocycles. The molecule has 4 nitrogen and oxygen atoms in total. The Kier molecular flexibility index (Phi) is 6.64. The fraction of sp³-hybridized carbons (Fsp3) is 0.667. The van der Waals surface area contributed by atoms with Gasteiger partial charge in [-0.3, -0.25) is 0 Å². The zero-order valence-corrected chi connectivity index (χ0v) is 12.4. The second-order valence-electron chi connectivity index (χ2n) is 5.37. The fourth-order valence-corrected chi connectivity index (χ4v) is 1.97. The Morgan fingerprint density at radius 1 is 1.37 bits per heavy atom. The Balaban J connectivity index is 2.36. The summed E-state index contributed by atoms with van der Waals surface area (Å²) in [5, 5.41) is 3.41. The molecule has 1 aromatic heterocycles. The van der Waals surface area contributed by atoms with Gasteiger partial charge in [0, 0.05) is 18.2 Å². The number of nitrogens with one attached hydrogen (secondary N) is 1. The van der Waals surface area contributed by atoms with Crippen molar-refractivity contribution in [3.8, 4) is 0 Å². The summed E-state index contributed by atoms with van der Waals surface area (Å²) in [4.78, 5) is 11.4. The van der Waals surface area contributed by atoms with E-state index in [1.54, 1.807) is 6.07 Å². The lowest BCUT2D eigenvalue weighted by Gasteiger charge is -2.14. The first-order valence-corrected chi connectivity index (χ1v) is 6.92. The molecule has 0 amide bonds. The third-order valence-corrected chi connectivity index (χ3v) is 3.18. The van der Waals surface area contributed by atoms with Gasteiger partial charge in [-0.15, -0.1) is 0 Å². The van der Waals surface area contributed by atoms with Gasteiger partial charge in [0.15, 0.2) is 0 Å². The van der Waals surface area contributed by atoms with Crippen molar-refractivity contribution in [2.75, 3.05) is 7.11 Å². The minimum absolute atomic E-state index is 0.296. The van der Waals surface area contributed by atoms with E-state index in [0.717, 1.165) is 17.9 Å². The Morgan fingerprint density at radius 3 is 2.74 bits per heavy atom. The third-order valence-electron chi connectivity index (χ3n) is 3.18. The van der Waals surface area contributed by atoms with Crippen molar-refractivity contribution >= 4 is 5.97 Å². The first-order valence-electron chi connectivity index (χ1n) is 6.92. The summed E-state index contributed by atoms with van der Waals surface area (Å²) in [6.45, 7) is 7.28. The molecule has 0 aromatic carbocycles. The Hall–Kier alpha value is -1.29. The maximum atomic E-state index is 11.4. The van der Waals surface area contributed by atoms with Crippen LogP contribution in [0.1, 0.15) is 56.2 Å². The zero-order chi connectivity index (χ0) is 14.3. The lowest BCUT2D eigenvalue weighted by molar-refractivity contribution is 0.0563. The quantitative estimate of drug-likeness (QED) is 0.734. The van der Waals surface area contributed by atoms with Crippen LogP contribution in [0.2, 0.25) is 0 Å². The van der Waals surface area contributed by atoms with Crippen molar-refractivity contribution < 1.29 is 13.9 Å². The summed E-state index contributed by atoms with van der Waals surface area (Å²) in [6.07, 6.45) is 5.14. The second-order valence-corrected chi connectivity index (χ2v) is 5.37. The van der Waals surface area contributed by atoms with E-state index in [4.69, 9.17) is 4.42 Å². The molecule has 0 bridgehead atoms. The summed E-state index contributed by atoms with van der Waals surface area (Å²) >= 11 is 0. The van der Waals surface area contributed by atoms with Crippen molar-refractivity contribution in [2.24, 2.45) is 5.92 Å². The molecule has 0 aliphatic heterocycles. The van der Waals surface area contributed by atoms with Gasteiger partial charge in [0.1, 0.15) is 0 Å². The number of methoxy groups -OCH3 is 1. The third kappa shape index (κ3) is 5.47. The van der Waals surface area contributed by atoms with Crippen molar-refractivity contribution in [3.05, 3.63) is 23.7 Å². The molecule has 1 aromatic rings. The minimum atomic E-state index is -0.422. The van der Waals surface area contributed by atoms with Gasteiger partial charge in [-0.1, -0.05) is 26.7 Å². The normalized spacial score (nSPS) is 12.7. The van der Waals surface area contributed by atoms with Crippen molar-refractivity contribution in [1.82, 2.24) is 5.32 Å². The lowest BCUT2D eigenvalue weighted by Crippen LogP contribution is -2.26. The number of furan rings is 1. The molecular weight excluding hydrogens is 242 g/mol. The molecule has 19 heavy (non-hydrogen) atoms. The molecule has 1 heterocycles. The molecule has 0 saturated carbocycles. The minimum Gasteiger partial charge on any atom is -0.463 e. The first-order chi connectivity index (χ1) is 9.04. The fourth-order valence-electron chi connectivity index (χ4n) is 1.97. The molecule has 0 fully saturated rings. The van der Waals surface area contributed by atoms with Crippen LogP contribution in [0, 0.1) is 5.92 Å². The highest BCUT2D eigenvalue weighted by Crippen LogP contribution is 2.13. The smallest absolute Gasteiger partial charge is 0.374 e. The van der Waals surface area contributed by atoms with Gasteiger partial charge in [-0.25, -0.2) is 4.79 Å². The number of carbonyl (C=O) groups excluding carboxylic acids is 1. The van der Waals surface area contributed by atoms with Crippen LogP contribution in [-0.2, 0) is 11.3 Å². The van der Waals surface area contributed by atoms with E-state index in [0.29, 0.717) is 18.3 Å². The number of hydrogen-bond acceptors (Lipinski definition) is 4. The monoisotopic (exact) mass is 267 g/mol. The Labute approximate surface area is 115 Å². The van der Waals surface area contributed by atoms with Crippen LogP contribution in [0.3, 0.4) is 0 Å². The van der Waals surface area contributed by atoms with E-state index in [-0.39, 0.29) is 0 Å². The van der Waals surface area contributed by atoms with Crippen molar-refractivity contribution in [2.45, 2.75) is 52.6 Å². The van der Waals surface area contributed by atoms with Gasteiger partial charge in [-0.05, 0) is 25.3 Å². The second kappa shape index (κ2) is 8.00. The van der Waals surface area contributed by atoms with Crippen molar-refractivity contribution in [3.63, 3.8) is 0 Å². The summed E-state index contributed by atoms with van der Waals surface area (Å²) in [5.74, 6) is 0.630. The Bertz CT molecular complexity index is 384. The molecule has 1 rings (SSSR count). The molecule has 0 spiro atoms. The van der Waals surface area contributed by atoms with Crippen LogP contribution in [0.25, 0.3) is 0 Å². The van der Waals surface area contributed by atoms with Crippen molar-refractivity contribution in [1.29, 1.82) is 0 Å². The summed E-state index contributed by atoms with van der Waals surface area (Å²) in [6, 6.07) is 2.24. The Morgan fingerprint density at radius 2 is 2.11 bits per heavy atom. The van der Waals surface area contributed by atoms with Gasteiger partial charge < -0.3 is 14.5 Å². The average Bonchev–Trinajstić information content (AvgIpc) is 2.83. The first kappa shape index (κ1) is 15.8. The van der Waals surface area contributed by atoms with Gasteiger partial charge in [0.05, 0.1) is 13.4 Å².